The van der Waals surface area contributed by atoms with Crippen LogP contribution in [0.25, 0.3) is 11.4 Å². The van der Waals surface area contributed by atoms with Gasteiger partial charge in [0.15, 0.2) is 0 Å². The minimum absolute atomic E-state index is 0.0110. The fourth-order valence-electron chi connectivity index (χ4n) is 1.83. The van der Waals surface area contributed by atoms with Gasteiger partial charge in [0.1, 0.15) is 5.82 Å². The number of H-pyrrole nitrogens is 1. The van der Waals surface area contributed by atoms with Gasteiger partial charge >= 0.3 is 0 Å². The van der Waals surface area contributed by atoms with Crippen molar-refractivity contribution in [2.24, 2.45) is 0 Å². The van der Waals surface area contributed by atoms with Gasteiger partial charge in [-0.2, -0.15) is 11.3 Å². The molecule has 3 rings (SSSR count). The highest BCUT2D eigenvalue weighted by molar-refractivity contribution is 14.1. The molecule has 0 radical (unpaired) electrons. The molecule has 0 amide bonds. The lowest BCUT2D eigenvalue weighted by atomic mass is 10.2. The molecular formula is C12H11IN2OS. The molecule has 1 fully saturated rings. The smallest absolute Gasteiger partial charge is 0.264 e. The minimum atomic E-state index is -0.0110. The van der Waals surface area contributed by atoms with E-state index in [1.807, 2.05) is 12.3 Å². The minimum Gasteiger partial charge on any atom is -0.306 e. The topological polar surface area (TPSA) is 45.8 Å². The molecule has 1 saturated carbocycles. The number of nitrogens with zero attached hydrogens (tertiary/aromatic N) is 1. The summed E-state index contributed by atoms with van der Waals surface area (Å²) in [5.74, 6) is 1.22. The maximum atomic E-state index is 11.9. The molecule has 0 spiro atoms. The Labute approximate surface area is 116 Å². The van der Waals surface area contributed by atoms with Crippen molar-refractivity contribution in [3.8, 4) is 11.4 Å². The Morgan fingerprint density at radius 2 is 2.24 bits per heavy atom. The van der Waals surface area contributed by atoms with Crippen LogP contribution in [0.15, 0.2) is 15.6 Å². The van der Waals surface area contributed by atoms with Crippen molar-refractivity contribution in [2.45, 2.75) is 25.7 Å². The van der Waals surface area contributed by atoms with Crippen molar-refractivity contribution in [2.75, 3.05) is 0 Å². The van der Waals surface area contributed by atoms with Crippen LogP contribution in [0.4, 0.5) is 0 Å². The van der Waals surface area contributed by atoms with E-state index in [0.29, 0.717) is 5.92 Å². The molecule has 0 bridgehead atoms. The summed E-state index contributed by atoms with van der Waals surface area (Å²) in [7, 11) is 0. The Morgan fingerprint density at radius 1 is 1.47 bits per heavy atom. The zero-order chi connectivity index (χ0) is 12.0. The first-order chi connectivity index (χ1) is 8.16. The summed E-state index contributed by atoms with van der Waals surface area (Å²) >= 11 is 3.74. The van der Waals surface area contributed by atoms with E-state index in [1.54, 1.807) is 11.3 Å². The van der Waals surface area contributed by atoms with Crippen molar-refractivity contribution >= 4 is 33.9 Å². The zero-order valence-corrected chi connectivity index (χ0v) is 12.3. The van der Waals surface area contributed by atoms with Crippen molar-refractivity contribution in [3.05, 3.63) is 35.9 Å². The summed E-state index contributed by atoms with van der Waals surface area (Å²) in [5.41, 5.74) is 3.18. The van der Waals surface area contributed by atoms with Crippen LogP contribution in [0, 0.1) is 10.5 Å². The van der Waals surface area contributed by atoms with Gasteiger partial charge in [-0.1, -0.05) is 0 Å². The van der Waals surface area contributed by atoms with E-state index in [-0.39, 0.29) is 5.56 Å². The summed E-state index contributed by atoms with van der Waals surface area (Å²) in [5, 5.41) is 4.11. The molecule has 2 heterocycles. The fraction of sp³-hybridized carbons (Fsp3) is 0.333. The van der Waals surface area contributed by atoms with E-state index in [4.69, 9.17) is 0 Å². The van der Waals surface area contributed by atoms with Crippen LogP contribution in [-0.2, 0) is 0 Å². The molecule has 0 atom stereocenters. The Hall–Kier alpha value is -0.690. The number of aryl methyl sites for hydroxylation is 1. The average Bonchev–Trinajstić information content (AvgIpc) is 3.05. The molecule has 5 heteroatoms. The maximum Gasteiger partial charge on any atom is 0.264 e. The van der Waals surface area contributed by atoms with Crippen molar-refractivity contribution < 1.29 is 0 Å². The van der Waals surface area contributed by atoms with Gasteiger partial charge in [-0.15, -0.1) is 0 Å². The van der Waals surface area contributed by atoms with Gasteiger partial charge in [0.2, 0.25) is 0 Å². The van der Waals surface area contributed by atoms with E-state index in [9.17, 15) is 4.79 Å². The fourth-order valence-corrected chi connectivity index (χ4v) is 3.36. The van der Waals surface area contributed by atoms with Gasteiger partial charge < -0.3 is 4.98 Å². The molecule has 1 N–H and O–H groups in total. The molecule has 2 aromatic rings. The van der Waals surface area contributed by atoms with E-state index in [2.05, 4.69) is 37.9 Å². The molecule has 0 aromatic carbocycles. The third-order valence-electron chi connectivity index (χ3n) is 2.96. The monoisotopic (exact) mass is 358 g/mol. The number of aromatic amines is 1. The Balaban J connectivity index is 2.18. The van der Waals surface area contributed by atoms with Gasteiger partial charge in [0.05, 0.1) is 9.26 Å². The summed E-state index contributed by atoms with van der Waals surface area (Å²) < 4.78 is 0.752. The van der Waals surface area contributed by atoms with E-state index >= 15 is 0 Å². The standard InChI is InChI=1S/C12H11IN2OS/c1-6-4-17-5-8(6)11-14-10(7-2-3-7)9(13)12(16)15-11/h4-5,7H,2-3H2,1H3,(H,14,15,16). The molecule has 0 aliphatic heterocycles. The Bertz CT molecular complexity index is 628. The molecule has 2 aromatic heterocycles. The summed E-state index contributed by atoms with van der Waals surface area (Å²) in [6.07, 6.45) is 2.32. The van der Waals surface area contributed by atoms with Crippen molar-refractivity contribution in [1.82, 2.24) is 9.97 Å². The molecule has 0 saturated heterocycles. The number of rotatable bonds is 2. The van der Waals surface area contributed by atoms with E-state index in [0.717, 1.165) is 33.5 Å². The van der Waals surface area contributed by atoms with Gasteiger partial charge in [-0.3, -0.25) is 4.79 Å². The first-order valence-corrected chi connectivity index (χ1v) is 7.52. The lowest BCUT2D eigenvalue weighted by Gasteiger charge is -2.05. The van der Waals surface area contributed by atoms with Crippen LogP contribution in [0.5, 0.6) is 0 Å². The maximum absolute atomic E-state index is 11.9. The first-order valence-electron chi connectivity index (χ1n) is 5.49. The molecule has 88 valence electrons. The predicted molar refractivity (Wildman–Crippen MR) is 77.6 cm³/mol. The van der Waals surface area contributed by atoms with Crippen LogP contribution in [-0.4, -0.2) is 9.97 Å². The zero-order valence-electron chi connectivity index (χ0n) is 9.29. The largest absolute Gasteiger partial charge is 0.306 e. The van der Waals surface area contributed by atoms with Crippen LogP contribution >= 0.6 is 33.9 Å². The van der Waals surface area contributed by atoms with Gasteiger partial charge in [0, 0.05) is 16.9 Å². The highest BCUT2D eigenvalue weighted by Crippen LogP contribution is 2.40. The SMILES string of the molecule is Cc1cscc1-c1nc(C2CC2)c(I)c(=O)[nH]1. The first kappa shape index (κ1) is 11.4. The number of aromatic nitrogens is 2. The number of hydrogen-bond donors (Lipinski definition) is 1. The number of hydrogen-bond acceptors (Lipinski definition) is 3. The van der Waals surface area contributed by atoms with Crippen LogP contribution in [0.3, 0.4) is 0 Å². The van der Waals surface area contributed by atoms with Crippen molar-refractivity contribution in [3.63, 3.8) is 0 Å². The highest BCUT2D eigenvalue weighted by atomic mass is 127. The quantitative estimate of drug-likeness (QED) is 0.838. The summed E-state index contributed by atoms with van der Waals surface area (Å²) in [4.78, 5) is 19.4. The Kier molecular flexibility index (Phi) is 2.82. The van der Waals surface area contributed by atoms with Crippen LogP contribution in [0.2, 0.25) is 0 Å². The second-order valence-electron chi connectivity index (χ2n) is 4.36. The van der Waals surface area contributed by atoms with Gasteiger partial charge in [-0.25, -0.2) is 4.98 Å². The molecular weight excluding hydrogens is 347 g/mol. The summed E-state index contributed by atoms with van der Waals surface area (Å²) in [6.45, 7) is 2.04. The number of nitrogens with one attached hydrogen (secondary N) is 1. The van der Waals surface area contributed by atoms with Crippen LogP contribution in [0.1, 0.15) is 30.0 Å². The third kappa shape index (κ3) is 2.06. The normalized spacial score (nSPS) is 15.2. The number of thiophene rings is 1. The van der Waals surface area contributed by atoms with Gasteiger partial charge in [-0.05, 0) is 53.3 Å². The van der Waals surface area contributed by atoms with Gasteiger partial charge in [0.25, 0.3) is 5.56 Å². The average molecular weight is 358 g/mol. The van der Waals surface area contributed by atoms with Crippen molar-refractivity contribution in [1.29, 1.82) is 0 Å². The highest BCUT2D eigenvalue weighted by Gasteiger charge is 2.29. The summed E-state index contributed by atoms with van der Waals surface area (Å²) in [6, 6.07) is 0. The van der Waals surface area contributed by atoms with E-state index in [1.165, 1.54) is 5.56 Å². The molecule has 1 aliphatic rings. The van der Waals surface area contributed by atoms with E-state index < -0.39 is 0 Å². The second-order valence-corrected chi connectivity index (χ2v) is 6.18. The molecule has 0 unspecified atom stereocenters. The third-order valence-corrected chi connectivity index (χ3v) is 4.87. The molecule has 3 nitrogen and oxygen atoms in total. The molecule has 17 heavy (non-hydrogen) atoms. The Morgan fingerprint density at radius 3 is 2.82 bits per heavy atom. The molecule has 1 aliphatic carbocycles. The van der Waals surface area contributed by atoms with Crippen LogP contribution < -0.4 is 5.56 Å². The second kappa shape index (κ2) is 4.20. The lowest BCUT2D eigenvalue weighted by molar-refractivity contribution is 0.958. The predicted octanol–water partition coefficient (Wildman–Crippen LogP) is 3.29. The number of halogens is 1. The lowest BCUT2D eigenvalue weighted by Crippen LogP contribution is -2.16.